The van der Waals surface area contributed by atoms with Crippen LogP contribution in [-0.2, 0) is 0 Å². The maximum Gasteiger partial charge on any atom is 0.262 e. The molecular formula is C16H13Cl2NO2. The van der Waals surface area contributed by atoms with E-state index < -0.39 is 11.8 Å². The molecule has 0 aliphatic rings. The zero-order valence-electron chi connectivity index (χ0n) is 11.3. The average Bonchev–Trinajstić information content (AvgIpc) is 2.48. The van der Waals surface area contributed by atoms with Gasteiger partial charge < -0.3 is 0 Å². The summed E-state index contributed by atoms with van der Waals surface area (Å²) in [6, 6.07) is 13.3. The first-order chi connectivity index (χ1) is 10.1. The van der Waals surface area contributed by atoms with Crippen LogP contribution in [0.3, 0.4) is 0 Å². The van der Waals surface area contributed by atoms with Crippen LogP contribution in [0, 0.1) is 0 Å². The zero-order chi connectivity index (χ0) is 15.4. The molecule has 2 aromatic rings. The summed E-state index contributed by atoms with van der Waals surface area (Å²) in [5, 5.41) is 0.626. The molecule has 0 saturated heterocycles. The van der Waals surface area contributed by atoms with Crippen molar-refractivity contribution >= 4 is 35.0 Å². The van der Waals surface area contributed by atoms with E-state index in [0.717, 1.165) is 4.90 Å². The van der Waals surface area contributed by atoms with Crippen molar-refractivity contribution in [2.75, 3.05) is 6.54 Å². The standard InChI is InChI=1S/C16H13Cl2NO2/c1-2-19(15(20)11-7-3-5-9-13(11)17)16(21)12-8-4-6-10-14(12)18/h3-10H,2H2,1H3. The lowest BCUT2D eigenvalue weighted by molar-refractivity contribution is 0.0625. The van der Waals surface area contributed by atoms with Gasteiger partial charge in [0.15, 0.2) is 0 Å². The Balaban J connectivity index is 2.36. The van der Waals surface area contributed by atoms with E-state index in [1.807, 2.05) is 0 Å². The highest BCUT2D eigenvalue weighted by Crippen LogP contribution is 2.21. The van der Waals surface area contributed by atoms with Gasteiger partial charge in [-0.3, -0.25) is 14.5 Å². The van der Waals surface area contributed by atoms with Crippen molar-refractivity contribution in [1.82, 2.24) is 4.90 Å². The van der Waals surface area contributed by atoms with Crippen LogP contribution in [0.15, 0.2) is 48.5 Å². The van der Waals surface area contributed by atoms with Gasteiger partial charge in [-0.1, -0.05) is 47.5 Å². The lowest BCUT2D eigenvalue weighted by Crippen LogP contribution is -2.37. The average molecular weight is 322 g/mol. The molecule has 3 nitrogen and oxygen atoms in total. The molecule has 2 aromatic carbocycles. The Morgan fingerprint density at radius 1 is 0.857 bits per heavy atom. The van der Waals surface area contributed by atoms with Gasteiger partial charge in [0, 0.05) is 6.54 Å². The van der Waals surface area contributed by atoms with E-state index in [-0.39, 0.29) is 6.54 Å². The highest BCUT2D eigenvalue weighted by atomic mass is 35.5. The normalized spacial score (nSPS) is 10.2. The second kappa shape index (κ2) is 6.74. The number of nitrogens with zero attached hydrogens (tertiary/aromatic N) is 1. The van der Waals surface area contributed by atoms with Gasteiger partial charge in [-0.25, -0.2) is 0 Å². The Labute approximate surface area is 133 Å². The number of rotatable bonds is 3. The van der Waals surface area contributed by atoms with Gasteiger partial charge in [-0.15, -0.1) is 0 Å². The molecule has 0 atom stereocenters. The van der Waals surface area contributed by atoms with Gasteiger partial charge in [0.25, 0.3) is 11.8 Å². The van der Waals surface area contributed by atoms with Crippen LogP contribution >= 0.6 is 23.2 Å². The lowest BCUT2D eigenvalue weighted by Gasteiger charge is -2.20. The SMILES string of the molecule is CCN(C(=O)c1ccccc1Cl)C(=O)c1ccccc1Cl. The smallest absolute Gasteiger partial charge is 0.262 e. The van der Waals surface area contributed by atoms with Crippen molar-refractivity contribution in [3.63, 3.8) is 0 Å². The molecule has 0 unspecified atom stereocenters. The number of benzene rings is 2. The first kappa shape index (κ1) is 15.5. The van der Waals surface area contributed by atoms with Crippen LogP contribution in [-0.4, -0.2) is 23.3 Å². The number of carbonyl (C=O) groups excluding carboxylic acids is 2. The predicted molar refractivity (Wildman–Crippen MR) is 83.9 cm³/mol. The van der Waals surface area contributed by atoms with Gasteiger partial charge in [-0.2, -0.15) is 0 Å². The van der Waals surface area contributed by atoms with Crippen LogP contribution < -0.4 is 0 Å². The largest absolute Gasteiger partial charge is 0.275 e. The summed E-state index contributed by atoms with van der Waals surface area (Å²) >= 11 is 12.0. The molecule has 0 N–H and O–H groups in total. The number of carbonyl (C=O) groups is 2. The molecular weight excluding hydrogens is 309 g/mol. The predicted octanol–water partition coefficient (Wildman–Crippen LogP) is 4.30. The molecule has 0 spiro atoms. The minimum Gasteiger partial charge on any atom is -0.275 e. The molecule has 0 bridgehead atoms. The van der Waals surface area contributed by atoms with Crippen molar-refractivity contribution in [2.24, 2.45) is 0 Å². The first-order valence-corrected chi connectivity index (χ1v) is 7.17. The number of hydrogen-bond donors (Lipinski definition) is 0. The molecule has 0 aliphatic heterocycles. The fraction of sp³-hybridized carbons (Fsp3) is 0.125. The van der Waals surface area contributed by atoms with Crippen molar-refractivity contribution in [3.05, 3.63) is 69.7 Å². The Kier molecular flexibility index (Phi) is 4.99. The molecule has 0 aliphatic carbocycles. The van der Waals surface area contributed by atoms with Crippen LogP contribution in [0.5, 0.6) is 0 Å². The Morgan fingerprint density at radius 2 is 1.24 bits per heavy atom. The second-order valence-electron chi connectivity index (χ2n) is 4.31. The summed E-state index contributed by atoms with van der Waals surface area (Å²) in [6.45, 7) is 1.96. The summed E-state index contributed by atoms with van der Waals surface area (Å²) in [7, 11) is 0. The maximum absolute atomic E-state index is 12.5. The molecule has 2 amide bonds. The summed E-state index contributed by atoms with van der Waals surface area (Å²) in [6.07, 6.45) is 0. The molecule has 0 heterocycles. The van der Waals surface area contributed by atoms with E-state index in [1.165, 1.54) is 0 Å². The van der Waals surface area contributed by atoms with Gasteiger partial charge in [0.05, 0.1) is 21.2 Å². The molecule has 108 valence electrons. The number of amides is 2. The maximum atomic E-state index is 12.5. The fourth-order valence-electron chi connectivity index (χ4n) is 1.94. The van der Waals surface area contributed by atoms with Crippen molar-refractivity contribution in [3.8, 4) is 0 Å². The molecule has 0 fully saturated rings. The Bertz CT molecular complexity index is 628. The van der Waals surface area contributed by atoms with Crippen LogP contribution in [0.2, 0.25) is 10.0 Å². The van der Waals surface area contributed by atoms with E-state index in [2.05, 4.69) is 0 Å². The van der Waals surface area contributed by atoms with Gasteiger partial charge in [0.1, 0.15) is 0 Å². The van der Waals surface area contributed by atoms with Crippen LogP contribution in [0.25, 0.3) is 0 Å². The van der Waals surface area contributed by atoms with Crippen LogP contribution in [0.4, 0.5) is 0 Å². The Morgan fingerprint density at radius 3 is 1.57 bits per heavy atom. The van der Waals surface area contributed by atoms with E-state index in [9.17, 15) is 9.59 Å². The number of halogens is 2. The summed E-state index contributed by atoms with van der Waals surface area (Å²) in [4.78, 5) is 26.1. The highest BCUT2D eigenvalue weighted by Gasteiger charge is 2.25. The topological polar surface area (TPSA) is 37.4 Å². The minimum atomic E-state index is -0.437. The fourth-order valence-corrected chi connectivity index (χ4v) is 2.37. The molecule has 2 rings (SSSR count). The molecule has 0 saturated carbocycles. The third-order valence-electron chi connectivity index (χ3n) is 3.02. The van der Waals surface area contributed by atoms with E-state index in [4.69, 9.17) is 23.2 Å². The molecule has 0 radical (unpaired) electrons. The summed E-state index contributed by atoms with van der Waals surface area (Å²) in [5.41, 5.74) is 0.586. The first-order valence-electron chi connectivity index (χ1n) is 6.41. The summed E-state index contributed by atoms with van der Waals surface area (Å²) < 4.78 is 0. The van der Waals surface area contributed by atoms with Crippen molar-refractivity contribution in [1.29, 1.82) is 0 Å². The summed E-state index contributed by atoms with van der Waals surface area (Å²) in [5.74, 6) is -0.874. The quantitative estimate of drug-likeness (QED) is 0.790. The van der Waals surface area contributed by atoms with E-state index in [0.29, 0.717) is 21.2 Å². The number of hydrogen-bond acceptors (Lipinski definition) is 2. The number of imide groups is 1. The lowest BCUT2D eigenvalue weighted by atomic mass is 10.1. The minimum absolute atomic E-state index is 0.230. The van der Waals surface area contributed by atoms with Crippen molar-refractivity contribution in [2.45, 2.75) is 6.92 Å². The van der Waals surface area contributed by atoms with Gasteiger partial charge in [0.2, 0.25) is 0 Å². The third kappa shape index (κ3) is 3.26. The monoisotopic (exact) mass is 321 g/mol. The van der Waals surface area contributed by atoms with Crippen molar-refractivity contribution < 1.29 is 9.59 Å². The van der Waals surface area contributed by atoms with E-state index in [1.54, 1.807) is 55.5 Å². The molecule has 5 heteroatoms. The molecule has 21 heavy (non-hydrogen) atoms. The van der Waals surface area contributed by atoms with Crippen LogP contribution in [0.1, 0.15) is 27.6 Å². The second-order valence-corrected chi connectivity index (χ2v) is 5.13. The third-order valence-corrected chi connectivity index (χ3v) is 3.67. The molecule has 0 aromatic heterocycles. The van der Waals surface area contributed by atoms with E-state index >= 15 is 0 Å². The highest BCUT2D eigenvalue weighted by molar-refractivity contribution is 6.35. The van der Waals surface area contributed by atoms with Gasteiger partial charge >= 0.3 is 0 Å². The van der Waals surface area contributed by atoms with Gasteiger partial charge in [-0.05, 0) is 31.2 Å². The zero-order valence-corrected chi connectivity index (χ0v) is 12.9. The Hall–Kier alpha value is -1.84.